The summed E-state index contributed by atoms with van der Waals surface area (Å²) < 4.78 is 4.83. The first-order valence-electron chi connectivity index (χ1n) is 20.3. The molecule has 5 nitrogen and oxygen atoms in total. The molecule has 5 heteroatoms. The fraction of sp³-hybridized carbons (Fsp3) is 0. The van der Waals surface area contributed by atoms with Gasteiger partial charge in [0, 0.05) is 49.3 Å². The maximum absolute atomic E-state index is 5.17. The zero-order chi connectivity index (χ0) is 39.6. The van der Waals surface area contributed by atoms with Gasteiger partial charge in [0.2, 0.25) is 0 Å². The molecule has 0 radical (unpaired) electrons. The second kappa shape index (κ2) is 13.8. The summed E-state index contributed by atoms with van der Waals surface area (Å²) in [6.45, 7) is 0. The van der Waals surface area contributed by atoms with Crippen molar-refractivity contribution in [1.82, 2.24) is 24.1 Å². The summed E-state index contributed by atoms with van der Waals surface area (Å²) in [5.41, 5.74) is 11.9. The van der Waals surface area contributed by atoms with Crippen LogP contribution in [0.15, 0.2) is 212 Å². The molecule has 60 heavy (non-hydrogen) atoms. The minimum atomic E-state index is 0.617. The third-order valence-electron chi connectivity index (χ3n) is 11.8. The van der Waals surface area contributed by atoms with Gasteiger partial charge in [-0.15, -0.1) is 0 Å². The number of hydrogen-bond donors (Lipinski definition) is 0. The van der Waals surface area contributed by atoms with Crippen LogP contribution in [0.2, 0.25) is 0 Å². The number of nitrogens with zero attached hydrogens (tertiary/aromatic N) is 5. The number of hydrogen-bond acceptors (Lipinski definition) is 3. The molecule has 0 amide bonds. The zero-order valence-corrected chi connectivity index (χ0v) is 32.4. The molecule has 0 aliphatic heterocycles. The highest BCUT2D eigenvalue weighted by Gasteiger charge is 2.23. The molecule has 12 aromatic rings. The second-order valence-corrected chi connectivity index (χ2v) is 15.2. The molecule has 0 aliphatic carbocycles. The number of para-hydroxylation sites is 3. The Hall–Kier alpha value is -8.15. The molecule has 0 saturated heterocycles. The van der Waals surface area contributed by atoms with Crippen LogP contribution in [0.5, 0.6) is 0 Å². The van der Waals surface area contributed by atoms with Crippen LogP contribution in [0.25, 0.3) is 111 Å². The second-order valence-electron chi connectivity index (χ2n) is 15.2. The minimum absolute atomic E-state index is 0.617. The SMILES string of the molecule is c1ccc(-c2nc(-c3ccccc3)nc(-c3ccccc3-n3c4ccccc4c4c(-c5cccc6c5c5ccc7ccccc7c5n6-c5ccccc5)cccc43)n2)cc1. The van der Waals surface area contributed by atoms with E-state index in [2.05, 4.69) is 185 Å². The van der Waals surface area contributed by atoms with E-state index in [1.807, 2.05) is 36.4 Å². The van der Waals surface area contributed by atoms with Crippen molar-refractivity contribution in [1.29, 1.82) is 0 Å². The summed E-state index contributed by atoms with van der Waals surface area (Å²) in [7, 11) is 0. The Kier molecular flexibility index (Phi) is 7.78. The third kappa shape index (κ3) is 5.30. The molecule has 0 saturated carbocycles. The van der Waals surface area contributed by atoms with Crippen molar-refractivity contribution in [3.05, 3.63) is 212 Å². The Morgan fingerprint density at radius 1 is 0.300 bits per heavy atom. The first-order valence-corrected chi connectivity index (χ1v) is 20.3. The van der Waals surface area contributed by atoms with Crippen LogP contribution in [-0.2, 0) is 0 Å². The lowest BCUT2D eigenvalue weighted by molar-refractivity contribution is 1.06. The smallest absolute Gasteiger partial charge is 0.166 e. The van der Waals surface area contributed by atoms with Gasteiger partial charge in [-0.05, 0) is 59.0 Å². The molecule has 0 bridgehead atoms. The van der Waals surface area contributed by atoms with Crippen molar-refractivity contribution in [3.8, 4) is 56.7 Å². The van der Waals surface area contributed by atoms with Crippen LogP contribution in [0.4, 0.5) is 0 Å². The van der Waals surface area contributed by atoms with Gasteiger partial charge in [0.05, 0.1) is 27.8 Å². The van der Waals surface area contributed by atoms with Crippen LogP contribution in [0.3, 0.4) is 0 Å². The quantitative estimate of drug-likeness (QED) is 0.169. The third-order valence-corrected chi connectivity index (χ3v) is 11.8. The van der Waals surface area contributed by atoms with E-state index >= 15 is 0 Å². The topological polar surface area (TPSA) is 48.5 Å². The van der Waals surface area contributed by atoms with Gasteiger partial charge in [-0.2, -0.15) is 0 Å². The van der Waals surface area contributed by atoms with Crippen molar-refractivity contribution in [2.75, 3.05) is 0 Å². The van der Waals surface area contributed by atoms with Gasteiger partial charge in [-0.3, -0.25) is 0 Å². The molecule has 3 aromatic heterocycles. The normalized spacial score (nSPS) is 11.7. The first kappa shape index (κ1) is 33.9. The molecule has 0 aliphatic rings. The molecule has 12 rings (SSSR count). The lowest BCUT2D eigenvalue weighted by atomic mass is 9.95. The van der Waals surface area contributed by atoms with Crippen LogP contribution >= 0.6 is 0 Å². The van der Waals surface area contributed by atoms with E-state index in [0.717, 1.165) is 39.1 Å². The molecule has 9 aromatic carbocycles. The molecular weight excluding hydrogens is 731 g/mol. The zero-order valence-electron chi connectivity index (χ0n) is 32.4. The highest BCUT2D eigenvalue weighted by molar-refractivity contribution is 6.25. The predicted molar refractivity (Wildman–Crippen MR) is 248 cm³/mol. The van der Waals surface area contributed by atoms with E-state index in [-0.39, 0.29) is 0 Å². The van der Waals surface area contributed by atoms with E-state index in [1.165, 1.54) is 54.5 Å². The van der Waals surface area contributed by atoms with Gasteiger partial charge < -0.3 is 9.13 Å². The van der Waals surface area contributed by atoms with E-state index in [9.17, 15) is 0 Å². The van der Waals surface area contributed by atoms with Gasteiger partial charge in [0.15, 0.2) is 17.5 Å². The van der Waals surface area contributed by atoms with Crippen LogP contribution < -0.4 is 0 Å². The lowest BCUT2D eigenvalue weighted by Gasteiger charge is -2.15. The number of rotatable bonds is 6. The Bertz CT molecular complexity index is 3530. The summed E-state index contributed by atoms with van der Waals surface area (Å²) in [5, 5.41) is 7.29. The molecule has 280 valence electrons. The van der Waals surface area contributed by atoms with Gasteiger partial charge in [0.25, 0.3) is 0 Å². The fourth-order valence-corrected chi connectivity index (χ4v) is 9.19. The van der Waals surface area contributed by atoms with Crippen molar-refractivity contribution >= 4 is 54.4 Å². The minimum Gasteiger partial charge on any atom is -0.309 e. The van der Waals surface area contributed by atoms with E-state index in [1.54, 1.807) is 0 Å². The van der Waals surface area contributed by atoms with Crippen molar-refractivity contribution in [3.63, 3.8) is 0 Å². The Morgan fingerprint density at radius 3 is 1.50 bits per heavy atom. The van der Waals surface area contributed by atoms with Crippen molar-refractivity contribution in [2.45, 2.75) is 0 Å². The maximum atomic E-state index is 5.17. The molecule has 0 unspecified atom stereocenters. The standard InChI is InChI=1S/C55H35N5/c1-4-19-37(20-5-1)53-56-54(38-21-6-2-7-22-38)58-55(57-53)44-27-13-15-31-47(44)60-46-30-14-12-26-43(46)50-41(28-17-33-49(50)60)42-29-16-32-48-51(42)45-35-34-36-18-10-11-25-40(36)52(45)59(48)39-23-8-3-9-24-39/h1-35H. The summed E-state index contributed by atoms with van der Waals surface area (Å²) >= 11 is 0. The molecule has 3 heterocycles. The van der Waals surface area contributed by atoms with Crippen LogP contribution in [0.1, 0.15) is 0 Å². The largest absolute Gasteiger partial charge is 0.309 e. The monoisotopic (exact) mass is 765 g/mol. The molecule has 0 spiro atoms. The Labute approximate surface area is 346 Å². The van der Waals surface area contributed by atoms with Crippen LogP contribution in [0, 0.1) is 0 Å². The highest BCUT2D eigenvalue weighted by Crippen LogP contribution is 2.45. The van der Waals surface area contributed by atoms with Crippen molar-refractivity contribution < 1.29 is 0 Å². The summed E-state index contributed by atoms with van der Waals surface area (Å²) in [6, 6.07) is 75.1. The maximum Gasteiger partial charge on any atom is 0.166 e. The highest BCUT2D eigenvalue weighted by atomic mass is 15.1. The molecule has 0 atom stereocenters. The van der Waals surface area contributed by atoms with E-state index in [0.29, 0.717) is 17.5 Å². The number of benzene rings is 9. The lowest BCUT2D eigenvalue weighted by Crippen LogP contribution is -2.03. The van der Waals surface area contributed by atoms with Crippen molar-refractivity contribution in [2.24, 2.45) is 0 Å². The van der Waals surface area contributed by atoms with Crippen LogP contribution in [-0.4, -0.2) is 24.1 Å². The number of fused-ring (bicyclic) bond motifs is 8. The van der Waals surface area contributed by atoms with Gasteiger partial charge in [-0.1, -0.05) is 170 Å². The number of aromatic nitrogens is 5. The first-order chi connectivity index (χ1) is 29.8. The predicted octanol–water partition coefficient (Wildman–Crippen LogP) is 13.9. The summed E-state index contributed by atoms with van der Waals surface area (Å²) in [6.07, 6.45) is 0. The van der Waals surface area contributed by atoms with E-state index < -0.39 is 0 Å². The fourth-order valence-electron chi connectivity index (χ4n) is 9.19. The van der Waals surface area contributed by atoms with E-state index in [4.69, 9.17) is 15.0 Å². The Morgan fingerprint density at radius 2 is 0.800 bits per heavy atom. The van der Waals surface area contributed by atoms with Gasteiger partial charge >= 0.3 is 0 Å². The molecule has 0 N–H and O–H groups in total. The average Bonchev–Trinajstić information content (AvgIpc) is 3.86. The Balaban J connectivity index is 1.13. The summed E-state index contributed by atoms with van der Waals surface area (Å²) in [4.78, 5) is 15.3. The van der Waals surface area contributed by atoms with Gasteiger partial charge in [0.1, 0.15) is 0 Å². The summed E-state index contributed by atoms with van der Waals surface area (Å²) in [5.74, 6) is 1.88. The average molecular weight is 766 g/mol. The molecular formula is C55H35N5. The molecule has 0 fully saturated rings. The van der Waals surface area contributed by atoms with Gasteiger partial charge in [-0.25, -0.2) is 15.0 Å².